The van der Waals surface area contributed by atoms with Crippen LogP contribution >= 0.6 is 0 Å². The van der Waals surface area contributed by atoms with Crippen molar-refractivity contribution in [3.63, 3.8) is 0 Å². The highest BCUT2D eigenvalue weighted by molar-refractivity contribution is 5.85. The van der Waals surface area contributed by atoms with E-state index in [4.69, 9.17) is 0 Å². The molecule has 0 heterocycles. The predicted octanol–water partition coefficient (Wildman–Crippen LogP) is 2.35. The zero-order valence-corrected chi connectivity index (χ0v) is 7.29. The van der Waals surface area contributed by atoms with Gasteiger partial charge in [0.15, 0.2) is 0 Å². The van der Waals surface area contributed by atoms with Crippen molar-refractivity contribution in [3.05, 3.63) is 35.6 Å². The number of hydrogen-bond donors (Lipinski definition) is 0. The minimum absolute atomic E-state index is 0.248. The van der Waals surface area contributed by atoms with Crippen molar-refractivity contribution < 1.29 is 9.18 Å². The molecule has 1 aromatic carbocycles. The lowest BCUT2D eigenvalue weighted by atomic mass is 10.1. The van der Waals surface area contributed by atoms with E-state index < -0.39 is 0 Å². The average molecular weight is 178 g/mol. The van der Waals surface area contributed by atoms with E-state index >= 15 is 0 Å². The quantitative estimate of drug-likeness (QED) is 0.694. The highest BCUT2D eigenvalue weighted by Crippen LogP contribution is 2.30. The van der Waals surface area contributed by atoms with Gasteiger partial charge >= 0.3 is 0 Å². The Morgan fingerprint density at radius 1 is 1.31 bits per heavy atom. The van der Waals surface area contributed by atoms with E-state index in [1.54, 1.807) is 12.1 Å². The maximum atomic E-state index is 12.5. The summed E-state index contributed by atoms with van der Waals surface area (Å²) in [6.07, 6.45) is 2.55. The largest absolute Gasteiger partial charge is 0.299 e. The van der Waals surface area contributed by atoms with E-state index in [2.05, 4.69) is 0 Å². The summed E-state index contributed by atoms with van der Waals surface area (Å²) in [5.74, 6) is 0.347. The number of carbonyl (C=O) groups is 1. The minimum Gasteiger partial charge on any atom is -0.299 e. The molecular formula is C11H11FO. The van der Waals surface area contributed by atoms with Crippen molar-refractivity contribution in [2.45, 2.75) is 19.3 Å². The fourth-order valence-corrected chi connectivity index (χ4v) is 1.35. The summed E-state index contributed by atoms with van der Waals surface area (Å²) in [6.45, 7) is 0. The standard InChI is InChI=1S/C11H11FO/c12-10-5-1-8(2-6-10)7-11(13)9-3-4-9/h1-2,5-6,9H,3-4,7H2. The average Bonchev–Trinajstić information content (AvgIpc) is 2.91. The molecule has 1 aromatic rings. The Balaban J connectivity index is 2.00. The Kier molecular flexibility index (Phi) is 2.13. The van der Waals surface area contributed by atoms with Crippen molar-refractivity contribution in [1.29, 1.82) is 0 Å². The molecule has 1 saturated carbocycles. The summed E-state index contributed by atoms with van der Waals surface area (Å²) in [5.41, 5.74) is 0.915. The predicted molar refractivity (Wildman–Crippen MR) is 47.8 cm³/mol. The summed E-state index contributed by atoms with van der Waals surface area (Å²) in [7, 11) is 0. The third kappa shape index (κ3) is 2.14. The van der Waals surface area contributed by atoms with E-state index in [9.17, 15) is 9.18 Å². The van der Waals surface area contributed by atoms with Gasteiger partial charge in [0.25, 0.3) is 0 Å². The lowest BCUT2D eigenvalue weighted by Crippen LogP contribution is -2.04. The number of ketones is 1. The number of benzene rings is 1. The molecule has 0 amide bonds. The Labute approximate surface area is 76.6 Å². The molecule has 68 valence electrons. The number of carbonyl (C=O) groups excluding carboxylic acids is 1. The Morgan fingerprint density at radius 3 is 2.46 bits per heavy atom. The molecule has 0 saturated heterocycles. The van der Waals surface area contributed by atoms with Gasteiger partial charge in [-0.3, -0.25) is 4.79 Å². The second kappa shape index (κ2) is 3.29. The van der Waals surface area contributed by atoms with Gasteiger partial charge in [0.05, 0.1) is 0 Å². The molecule has 0 unspecified atom stereocenters. The summed E-state index contributed by atoms with van der Waals surface area (Å²) in [5, 5.41) is 0. The summed E-state index contributed by atoms with van der Waals surface area (Å²) < 4.78 is 12.5. The van der Waals surface area contributed by atoms with Crippen LogP contribution in [0.2, 0.25) is 0 Å². The van der Waals surface area contributed by atoms with Crippen LogP contribution in [0.1, 0.15) is 18.4 Å². The lowest BCUT2D eigenvalue weighted by molar-refractivity contribution is -0.119. The summed E-state index contributed by atoms with van der Waals surface area (Å²) in [4.78, 5) is 11.4. The normalized spacial score (nSPS) is 15.8. The Morgan fingerprint density at radius 2 is 1.92 bits per heavy atom. The van der Waals surface area contributed by atoms with Crippen molar-refractivity contribution in [3.8, 4) is 0 Å². The molecule has 13 heavy (non-hydrogen) atoms. The number of hydrogen-bond acceptors (Lipinski definition) is 1. The molecule has 0 spiro atoms. The molecule has 1 aliphatic rings. The van der Waals surface area contributed by atoms with Gasteiger partial charge in [0.2, 0.25) is 0 Å². The fraction of sp³-hybridized carbons (Fsp3) is 0.364. The van der Waals surface area contributed by atoms with E-state index in [0.29, 0.717) is 18.1 Å². The van der Waals surface area contributed by atoms with Gasteiger partial charge in [-0.25, -0.2) is 4.39 Å². The van der Waals surface area contributed by atoms with Gasteiger partial charge in [-0.15, -0.1) is 0 Å². The first-order chi connectivity index (χ1) is 6.25. The highest BCUT2D eigenvalue weighted by Gasteiger charge is 2.28. The molecule has 0 N–H and O–H groups in total. The third-order valence-corrected chi connectivity index (χ3v) is 2.32. The van der Waals surface area contributed by atoms with Crippen molar-refractivity contribution in [1.82, 2.24) is 0 Å². The van der Waals surface area contributed by atoms with Crippen LogP contribution in [0.4, 0.5) is 4.39 Å². The maximum Gasteiger partial charge on any atom is 0.140 e. The van der Waals surface area contributed by atoms with Crippen LogP contribution in [0, 0.1) is 11.7 Å². The first kappa shape index (κ1) is 8.42. The topological polar surface area (TPSA) is 17.1 Å². The van der Waals surface area contributed by atoms with Gasteiger partial charge < -0.3 is 0 Å². The second-order valence-corrected chi connectivity index (χ2v) is 3.54. The van der Waals surface area contributed by atoms with Crippen LogP contribution in [0.25, 0.3) is 0 Å². The zero-order valence-electron chi connectivity index (χ0n) is 7.29. The molecule has 0 aromatic heterocycles. The van der Waals surface area contributed by atoms with Gasteiger partial charge in [0.1, 0.15) is 11.6 Å². The lowest BCUT2D eigenvalue weighted by Gasteiger charge is -1.98. The van der Waals surface area contributed by atoms with Gasteiger partial charge in [-0.05, 0) is 30.5 Å². The number of rotatable bonds is 3. The first-order valence-corrected chi connectivity index (χ1v) is 4.53. The molecule has 0 atom stereocenters. The number of Topliss-reactive ketones (excluding diaryl/α,β-unsaturated/α-hetero) is 1. The minimum atomic E-state index is -0.248. The van der Waals surface area contributed by atoms with Crippen LogP contribution in [-0.4, -0.2) is 5.78 Å². The van der Waals surface area contributed by atoms with E-state index in [1.807, 2.05) is 0 Å². The van der Waals surface area contributed by atoms with Crippen LogP contribution in [0.15, 0.2) is 24.3 Å². The SMILES string of the molecule is O=C(Cc1ccc(F)cc1)C1CC1. The third-order valence-electron chi connectivity index (χ3n) is 2.32. The van der Waals surface area contributed by atoms with Crippen molar-refractivity contribution in [2.24, 2.45) is 5.92 Å². The summed E-state index contributed by atoms with van der Waals surface area (Å²) >= 11 is 0. The molecule has 0 aliphatic heterocycles. The number of halogens is 1. The molecule has 1 nitrogen and oxygen atoms in total. The molecule has 2 rings (SSSR count). The van der Waals surface area contributed by atoms with Crippen molar-refractivity contribution in [2.75, 3.05) is 0 Å². The first-order valence-electron chi connectivity index (χ1n) is 4.53. The molecule has 0 radical (unpaired) electrons. The molecule has 2 heteroatoms. The zero-order chi connectivity index (χ0) is 9.26. The highest BCUT2D eigenvalue weighted by atomic mass is 19.1. The monoisotopic (exact) mass is 178 g/mol. The maximum absolute atomic E-state index is 12.5. The second-order valence-electron chi connectivity index (χ2n) is 3.54. The Hall–Kier alpha value is -1.18. The van der Waals surface area contributed by atoms with Crippen LogP contribution in [0.3, 0.4) is 0 Å². The van der Waals surface area contributed by atoms with Crippen LogP contribution < -0.4 is 0 Å². The smallest absolute Gasteiger partial charge is 0.140 e. The van der Waals surface area contributed by atoms with Gasteiger partial charge in [-0.2, -0.15) is 0 Å². The van der Waals surface area contributed by atoms with E-state index in [-0.39, 0.29) is 5.82 Å². The Bertz CT molecular complexity index is 311. The van der Waals surface area contributed by atoms with Crippen molar-refractivity contribution >= 4 is 5.78 Å². The molecule has 1 aliphatic carbocycles. The molecule has 0 bridgehead atoms. The van der Waals surface area contributed by atoms with Gasteiger partial charge in [0, 0.05) is 12.3 Å². The summed E-state index contributed by atoms with van der Waals surface area (Å²) in [6, 6.07) is 6.15. The van der Waals surface area contributed by atoms with Crippen LogP contribution in [-0.2, 0) is 11.2 Å². The van der Waals surface area contributed by atoms with E-state index in [1.165, 1.54) is 12.1 Å². The molecular weight excluding hydrogens is 167 g/mol. The van der Waals surface area contributed by atoms with E-state index in [0.717, 1.165) is 18.4 Å². The molecule has 1 fully saturated rings. The fourth-order valence-electron chi connectivity index (χ4n) is 1.35. The van der Waals surface area contributed by atoms with Gasteiger partial charge in [-0.1, -0.05) is 12.1 Å². The van der Waals surface area contributed by atoms with Crippen LogP contribution in [0.5, 0.6) is 0 Å².